The van der Waals surface area contributed by atoms with Crippen molar-refractivity contribution in [3.05, 3.63) is 35.6 Å². The van der Waals surface area contributed by atoms with E-state index in [2.05, 4.69) is 5.32 Å². The van der Waals surface area contributed by atoms with Crippen molar-refractivity contribution in [3.8, 4) is 0 Å². The van der Waals surface area contributed by atoms with E-state index in [-0.39, 0.29) is 23.4 Å². The van der Waals surface area contributed by atoms with Crippen molar-refractivity contribution in [2.24, 2.45) is 5.92 Å². The number of halogens is 1. The first kappa shape index (κ1) is 11.6. The van der Waals surface area contributed by atoms with Crippen LogP contribution in [0.15, 0.2) is 24.3 Å². The molecule has 4 nitrogen and oxygen atoms in total. The molecule has 1 fully saturated rings. The van der Waals surface area contributed by atoms with Gasteiger partial charge in [-0.1, -0.05) is 6.07 Å². The zero-order chi connectivity index (χ0) is 12.4. The van der Waals surface area contributed by atoms with Gasteiger partial charge in [-0.2, -0.15) is 0 Å². The number of carbonyl (C=O) groups is 2. The summed E-state index contributed by atoms with van der Waals surface area (Å²) in [5, 5.41) is 11.4. The topological polar surface area (TPSA) is 66.4 Å². The summed E-state index contributed by atoms with van der Waals surface area (Å²) in [6, 6.07) is 5.28. The highest BCUT2D eigenvalue weighted by Crippen LogP contribution is 2.27. The van der Waals surface area contributed by atoms with E-state index < -0.39 is 11.8 Å². The Labute approximate surface area is 97.4 Å². The third kappa shape index (κ3) is 2.61. The van der Waals surface area contributed by atoms with Gasteiger partial charge in [-0.05, 0) is 31.0 Å². The summed E-state index contributed by atoms with van der Waals surface area (Å²) in [4.78, 5) is 22.2. The number of rotatable bonds is 3. The Bertz CT molecular complexity index is 455. The van der Waals surface area contributed by atoms with Crippen molar-refractivity contribution in [1.29, 1.82) is 0 Å². The van der Waals surface area contributed by atoms with Crippen LogP contribution in [0.2, 0.25) is 0 Å². The average Bonchev–Trinajstić information content (AvgIpc) is 2.21. The van der Waals surface area contributed by atoms with Crippen molar-refractivity contribution in [3.63, 3.8) is 0 Å². The second-order valence-corrected chi connectivity index (χ2v) is 4.19. The van der Waals surface area contributed by atoms with Crippen LogP contribution in [-0.4, -0.2) is 23.0 Å². The van der Waals surface area contributed by atoms with E-state index in [1.807, 2.05) is 0 Å². The highest BCUT2D eigenvalue weighted by Gasteiger charge is 2.35. The molecule has 0 bridgehead atoms. The molecule has 0 radical (unpaired) electrons. The molecule has 0 saturated heterocycles. The lowest BCUT2D eigenvalue weighted by atomic mass is 9.80. The van der Waals surface area contributed by atoms with Gasteiger partial charge < -0.3 is 10.4 Å². The lowest BCUT2D eigenvalue weighted by molar-refractivity contribution is -0.145. The van der Waals surface area contributed by atoms with Crippen LogP contribution in [0.1, 0.15) is 23.2 Å². The maximum Gasteiger partial charge on any atom is 0.306 e. The molecule has 0 atom stereocenters. The van der Waals surface area contributed by atoms with Gasteiger partial charge in [-0.3, -0.25) is 9.59 Å². The number of amides is 1. The Kier molecular flexibility index (Phi) is 3.08. The summed E-state index contributed by atoms with van der Waals surface area (Å²) in [5.74, 6) is -2.03. The van der Waals surface area contributed by atoms with Crippen LogP contribution in [0.5, 0.6) is 0 Å². The quantitative estimate of drug-likeness (QED) is 0.835. The van der Waals surface area contributed by atoms with Crippen LogP contribution < -0.4 is 5.32 Å². The average molecular weight is 237 g/mol. The second kappa shape index (κ2) is 4.53. The molecular formula is C12H12FNO3. The van der Waals surface area contributed by atoms with Crippen molar-refractivity contribution in [1.82, 2.24) is 5.32 Å². The minimum Gasteiger partial charge on any atom is -0.481 e. The molecule has 0 spiro atoms. The fourth-order valence-electron chi connectivity index (χ4n) is 1.84. The molecule has 1 aromatic carbocycles. The standard InChI is InChI=1S/C12H12FNO3/c13-9-3-1-2-7(4-9)11(15)14-10-5-8(6-10)12(16)17/h1-4,8,10H,5-6H2,(H,14,15)(H,16,17). The molecule has 1 saturated carbocycles. The summed E-state index contributed by atoms with van der Waals surface area (Å²) < 4.78 is 12.9. The first-order chi connectivity index (χ1) is 8.06. The second-order valence-electron chi connectivity index (χ2n) is 4.19. The molecule has 2 rings (SSSR count). The summed E-state index contributed by atoms with van der Waals surface area (Å²) in [5.41, 5.74) is 0.253. The van der Waals surface area contributed by atoms with Crippen molar-refractivity contribution in [2.45, 2.75) is 18.9 Å². The summed E-state index contributed by atoms with van der Waals surface area (Å²) in [6.45, 7) is 0. The Balaban J connectivity index is 1.89. The number of hydrogen-bond acceptors (Lipinski definition) is 2. The van der Waals surface area contributed by atoms with Gasteiger partial charge in [0.2, 0.25) is 0 Å². The largest absolute Gasteiger partial charge is 0.481 e. The predicted molar refractivity (Wildman–Crippen MR) is 58.0 cm³/mol. The number of nitrogens with one attached hydrogen (secondary N) is 1. The molecule has 0 unspecified atom stereocenters. The molecule has 0 aliphatic heterocycles. The van der Waals surface area contributed by atoms with Crippen LogP contribution in [0.3, 0.4) is 0 Å². The number of carbonyl (C=O) groups excluding carboxylic acids is 1. The number of carboxylic acid groups (broad SMARTS) is 1. The van der Waals surface area contributed by atoms with Crippen molar-refractivity contribution >= 4 is 11.9 Å². The molecule has 1 amide bonds. The Morgan fingerprint density at radius 2 is 2.06 bits per heavy atom. The third-order valence-corrected chi connectivity index (χ3v) is 2.91. The molecule has 1 aliphatic rings. The van der Waals surface area contributed by atoms with Crippen LogP contribution in [-0.2, 0) is 4.79 Å². The first-order valence-corrected chi connectivity index (χ1v) is 5.35. The van der Waals surface area contributed by atoms with Gasteiger partial charge in [0.1, 0.15) is 5.82 Å². The highest BCUT2D eigenvalue weighted by molar-refractivity contribution is 5.94. The summed E-state index contributed by atoms with van der Waals surface area (Å²) in [6.07, 6.45) is 0.882. The van der Waals surface area contributed by atoms with Crippen molar-refractivity contribution < 1.29 is 19.1 Å². The molecular weight excluding hydrogens is 225 g/mol. The van der Waals surface area contributed by atoms with E-state index in [4.69, 9.17) is 5.11 Å². The lowest BCUT2D eigenvalue weighted by Crippen LogP contribution is -2.46. The van der Waals surface area contributed by atoms with Gasteiger partial charge in [0.25, 0.3) is 5.91 Å². The van der Waals surface area contributed by atoms with Gasteiger partial charge in [0.15, 0.2) is 0 Å². The van der Waals surface area contributed by atoms with E-state index >= 15 is 0 Å². The molecule has 2 N–H and O–H groups in total. The molecule has 90 valence electrons. The highest BCUT2D eigenvalue weighted by atomic mass is 19.1. The van der Waals surface area contributed by atoms with Gasteiger partial charge in [0.05, 0.1) is 5.92 Å². The smallest absolute Gasteiger partial charge is 0.306 e. The van der Waals surface area contributed by atoms with Gasteiger partial charge in [0, 0.05) is 11.6 Å². The lowest BCUT2D eigenvalue weighted by Gasteiger charge is -2.32. The van der Waals surface area contributed by atoms with E-state index in [0.717, 1.165) is 6.07 Å². The summed E-state index contributed by atoms with van der Waals surface area (Å²) in [7, 11) is 0. The van der Waals surface area contributed by atoms with E-state index in [1.54, 1.807) is 0 Å². The molecule has 17 heavy (non-hydrogen) atoms. The van der Waals surface area contributed by atoms with E-state index in [1.165, 1.54) is 18.2 Å². The molecule has 1 aliphatic carbocycles. The number of carboxylic acids is 1. The van der Waals surface area contributed by atoms with Gasteiger partial charge in [-0.15, -0.1) is 0 Å². The number of hydrogen-bond donors (Lipinski definition) is 2. The zero-order valence-corrected chi connectivity index (χ0v) is 9.02. The minimum atomic E-state index is -0.832. The Hall–Kier alpha value is -1.91. The Morgan fingerprint density at radius 1 is 1.35 bits per heavy atom. The molecule has 5 heteroatoms. The molecule has 1 aromatic rings. The van der Waals surface area contributed by atoms with Crippen molar-refractivity contribution in [2.75, 3.05) is 0 Å². The van der Waals surface area contributed by atoms with Crippen LogP contribution >= 0.6 is 0 Å². The Morgan fingerprint density at radius 3 is 2.65 bits per heavy atom. The maximum atomic E-state index is 12.9. The normalized spacial score (nSPS) is 22.6. The van der Waals surface area contributed by atoms with Gasteiger partial charge >= 0.3 is 5.97 Å². The SMILES string of the molecule is O=C(NC1CC(C(=O)O)C1)c1cccc(F)c1. The minimum absolute atomic E-state index is 0.119. The monoisotopic (exact) mass is 237 g/mol. The van der Waals surface area contributed by atoms with Crippen LogP contribution in [0, 0.1) is 11.7 Å². The molecule has 0 aromatic heterocycles. The fraction of sp³-hybridized carbons (Fsp3) is 0.333. The van der Waals surface area contributed by atoms with Crippen LogP contribution in [0.4, 0.5) is 4.39 Å². The fourth-order valence-corrected chi connectivity index (χ4v) is 1.84. The predicted octanol–water partition coefficient (Wildman–Crippen LogP) is 1.42. The first-order valence-electron chi connectivity index (χ1n) is 5.35. The number of aliphatic carboxylic acids is 1. The summed E-state index contributed by atoms with van der Waals surface area (Å²) >= 11 is 0. The molecule has 0 heterocycles. The third-order valence-electron chi connectivity index (χ3n) is 2.91. The number of benzene rings is 1. The van der Waals surface area contributed by atoms with E-state index in [9.17, 15) is 14.0 Å². The maximum absolute atomic E-state index is 12.9. The van der Waals surface area contributed by atoms with E-state index in [0.29, 0.717) is 12.8 Å². The van der Waals surface area contributed by atoms with Gasteiger partial charge in [-0.25, -0.2) is 4.39 Å². The zero-order valence-electron chi connectivity index (χ0n) is 9.02. The van der Waals surface area contributed by atoms with Crippen LogP contribution in [0.25, 0.3) is 0 Å².